The molecule has 1 saturated heterocycles. The third-order valence-electron chi connectivity index (χ3n) is 5.82. The van der Waals surface area contributed by atoms with Gasteiger partial charge in [0, 0.05) is 31.7 Å². The largest absolute Gasteiger partial charge is 0.396 e. The molecule has 182 valence electrons. The lowest BCUT2D eigenvalue weighted by atomic mass is 10.1. The molecular formula is C21H20Cl2N8O4. The smallest absolute Gasteiger partial charge is 0.347 e. The van der Waals surface area contributed by atoms with E-state index in [1.165, 1.54) is 16.8 Å². The summed E-state index contributed by atoms with van der Waals surface area (Å²) in [5.41, 5.74) is 6.48. The molecule has 0 radical (unpaired) electrons. The minimum atomic E-state index is -0.466. The number of aliphatic hydroxyl groups is 1. The van der Waals surface area contributed by atoms with Crippen molar-refractivity contribution < 1.29 is 14.4 Å². The topological polar surface area (TPSA) is 168 Å². The van der Waals surface area contributed by atoms with Crippen LogP contribution < -0.4 is 21.6 Å². The number of aliphatic hydroxyl groups excluding tert-OH is 1. The van der Waals surface area contributed by atoms with Crippen molar-refractivity contribution in [2.45, 2.75) is 18.9 Å². The molecule has 4 aromatic rings. The van der Waals surface area contributed by atoms with Crippen molar-refractivity contribution in [3.05, 3.63) is 56.3 Å². The zero-order chi connectivity index (χ0) is 24.7. The molecule has 35 heavy (non-hydrogen) atoms. The number of carbonyl (C=O) groups excluding carboxylic acids is 1. The standard InChI is InChI=1S/C21H20Cl2N8O4/c22-13-7-11(31-15(4-6-32)27-28-21(31)34)1-2-12(13)20(33)26-10-3-5-30(9-10)19-17-16(14(23)8-25-19)18(24)29-35-17/h1-2,7-8,10,32H,3-6,9H2,(H2,24,29)(H,26,33)(H,28,34). The number of amides is 1. The Bertz CT molecular complexity index is 1480. The molecule has 1 amide bonds. The van der Waals surface area contributed by atoms with Gasteiger partial charge in [-0.3, -0.25) is 4.79 Å². The normalized spacial score (nSPS) is 15.7. The Kier molecular flexibility index (Phi) is 6.09. The number of halogens is 2. The number of rotatable bonds is 6. The van der Waals surface area contributed by atoms with Crippen molar-refractivity contribution in [1.29, 1.82) is 0 Å². The number of nitrogens with one attached hydrogen (secondary N) is 2. The van der Waals surface area contributed by atoms with Gasteiger partial charge in [0.1, 0.15) is 5.82 Å². The van der Waals surface area contributed by atoms with Crippen LogP contribution >= 0.6 is 23.2 Å². The summed E-state index contributed by atoms with van der Waals surface area (Å²) in [6, 6.07) is 4.49. The fraction of sp³-hybridized carbons (Fsp3) is 0.286. The average molecular weight is 519 g/mol. The number of H-pyrrole nitrogens is 1. The van der Waals surface area contributed by atoms with Crippen molar-refractivity contribution in [2.24, 2.45) is 0 Å². The molecule has 5 rings (SSSR count). The number of nitrogens with two attached hydrogens (primary N) is 1. The Morgan fingerprint density at radius 3 is 2.94 bits per heavy atom. The number of aromatic amines is 1. The van der Waals surface area contributed by atoms with Gasteiger partial charge in [-0.25, -0.2) is 19.4 Å². The van der Waals surface area contributed by atoms with Crippen molar-refractivity contribution in [1.82, 2.24) is 30.2 Å². The first-order chi connectivity index (χ1) is 16.9. The van der Waals surface area contributed by atoms with Crippen LogP contribution in [0.4, 0.5) is 11.6 Å². The minimum Gasteiger partial charge on any atom is -0.396 e. The molecule has 0 saturated carbocycles. The quantitative estimate of drug-likeness (QED) is 0.295. The zero-order valence-corrected chi connectivity index (χ0v) is 19.7. The maximum atomic E-state index is 12.9. The van der Waals surface area contributed by atoms with E-state index in [0.29, 0.717) is 52.8 Å². The van der Waals surface area contributed by atoms with Crippen LogP contribution in [0.3, 0.4) is 0 Å². The molecule has 3 aromatic heterocycles. The summed E-state index contributed by atoms with van der Waals surface area (Å²) in [7, 11) is 0. The van der Waals surface area contributed by atoms with E-state index in [4.69, 9.17) is 33.5 Å². The molecule has 0 bridgehead atoms. The first-order valence-electron chi connectivity index (χ1n) is 10.7. The summed E-state index contributed by atoms with van der Waals surface area (Å²) in [6.07, 6.45) is 2.36. The maximum absolute atomic E-state index is 12.9. The minimum absolute atomic E-state index is 0.168. The van der Waals surface area contributed by atoms with Crippen molar-refractivity contribution in [3.63, 3.8) is 0 Å². The Morgan fingerprint density at radius 1 is 1.34 bits per heavy atom. The van der Waals surface area contributed by atoms with E-state index in [9.17, 15) is 14.7 Å². The number of anilines is 2. The van der Waals surface area contributed by atoms with Crippen molar-refractivity contribution >= 4 is 51.7 Å². The summed E-state index contributed by atoms with van der Waals surface area (Å²) in [5.74, 6) is 0.755. The van der Waals surface area contributed by atoms with Gasteiger partial charge < -0.3 is 25.6 Å². The van der Waals surface area contributed by atoms with Gasteiger partial charge in [-0.15, -0.1) is 0 Å². The van der Waals surface area contributed by atoms with Crippen LogP contribution in [0.1, 0.15) is 22.6 Å². The van der Waals surface area contributed by atoms with E-state index in [-0.39, 0.29) is 41.4 Å². The lowest BCUT2D eigenvalue weighted by molar-refractivity contribution is 0.0940. The van der Waals surface area contributed by atoms with Crippen LogP contribution in [-0.2, 0) is 6.42 Å². The Hall–Kier alpha value is -3.61. The van der Waals surface area contributed by atoms with Gasteiger partial charge in [-0.2, -0.15) is 5.10 Å². The average Bonchev–Trinajstić information content (AvgIpc) is 3.54. The molecule has 0 spiro atoms. The molecule has 4 heterocycles. The number of aromatic nitrogens is 5. The van der Waals surface area contributed by atoms with Crippen LogP contribution in [0, 0.1) is 0 Å². The molecule has 1 unspecified atom stereocenters. The van der Waals surface area contributed by atoms with Crippen molar-refractivity contribution in [2.75, 3.05) is 30.3 Å². The Morgan fingerprint density at radius 2 is 2.17 bits per heavy atom. The first-order valence-corrected chi connectivity index (χ1v) is 11.4. The van der Waals surface area contributed by atoms with Gasteiger partial charge in [-0.1, -0.05) is 28.4 Å². The second kappa shape index (κ2) is 9.21. The lowest BCUT2D eigenvalue weighted by Gasteiger charge is -2.18. The SMILES string of the molecule is Nc1noc2c(N3CCC(NC(=O)c4ccc(-n5c(CCO)n[nH]c5=O)cc4Cl)C3)ncc(Cl)c12. The van der Waals surface area contributed by atoms with Crippen LogP contribution in [0.15, 0.2) is 33.7 Å². The predicted molar refractivity (Wildman–Crippen MR) is 129 cm³/mol. The summed E-state index contributed by atoms with van der Waals surface area (Å²) in [6.45, 7) is 0.942. The molecule has 1 aromatic carbocycles. The summed E-state index contributed by atoms with van der Waals surface area (Å²) >= 11 is 12.6. The second-order valence-electron chi connectivity index (χ2n) is 8.02. The van der Waals surface area contributed by atoms with Crippen molar-refractivity contribution in [3.8, 4) is 5.69 Å². The molecule has 5 N–H and O–H groups in total. The first kappa shape index (κ1) is 23.1. The van der Waals surface area contributed by atoms with Crippen LogP contribution in [0.25, 0.3) is 16.7 Å². The number of pyridine rings is 1. The van der Waals surface area contributed by atoms with E-state index in [1.807, 2.05) is 4.90 Å². The van der Waals surface area contributed by atoms with E-state index in [1.54, 1.807) is 12.1 Å². The fourth-order valence-corrected chi connectivity index (χ4v) is 4.67. The summed E-state index contributed by atoms with van der Waals surface area (Å²) < 4.78 is 6.64. The molecule has 0 aliphatic carbocycles. The van der Waals surface area contributed by atoms with Gasteiger partial charge in [0.25, 0.3) is 5.91 Å². The molecule has 12 nitrogen and oxygen atoms in total. The zero-order valence-electron chi connectivity index (χ0n) is 18.2. The third kappa shape index (κ3) is 4.20. The molecule has 1 aliphatic rings. The van der Waals surface area contributed by atoms with Gasteiger partial charge in [0.2, 0.25) is 5.58 Å². The van der Waals surface area contributed by atoms with E-state index >= 15 is 0 Å². The molecule has 14 heteroatoms. The van der Waals surface area contributed by atoms with E-state index < -0.39 is 5.69 Å². The summed E-state index contributed by atoms with van der Waals surface area (Å²) in [5, 5.41) is 23.2. The highest BCUT2D eigenvalue weighted by Gasteiger charge is 2.29. The van der Waals surface area contributed by atoms with Gasteiger partial charge in [0.15, 0.2) is 11.6 Å². The number of fused-ring (bicyclic) bond motifs is 1. The fourth-order valence-electron chi connectivity index (χ4n) is 4.18. The predicted octanol–water partition coefficient (Wildman–Crippen LogP) is 1.53. The number of nitrogen functional groups attached to an aromatic ring is 1. The molecule has 1 aliphatic heterocycles. The maximum Gasteiger partial charge on any atom is 0.347 e. The van der Waals surface area contributed by atoms with Crippen LogP contribution in [0.2, 0.25) is 10.0 Å². The highest BCUT2D eigenvalue weighted by Crippen LogP contribution is 2.35. The number of nitrogens with zero attached hydrogens (tertiary/aromatic N) is 5. The Labute approximate surface area is 207 Å². The molecular weight excluding hydrogens is 499 g/mol. The van der Waals surface area contributed by atoms with Crippen LogP contribution in [-0.4, -0.2) is 61.7 Å². The van der Waals surface area contributed by atoms with Gasteiger partial charge in [-0.05, 0) is 24.6 Å². The lowest BCUT2D eigenvalue weighted by Crippen LogP contribution is -2.37. The molecule has 1 atom stereocenters. The number of hydrogen-bond donors (Lipinski definition) is 4. The second-order valence-corrected chi connectivity index (χ2v) is 8.84. The highest BCUT2D eigenvalue weighted by molar-refractivity contribution is 6.36. The number of carbonyl (C=O) groups is 1. The number of benzene rings is 1. The third-order valence-corrected chi connectivity index (χ3v) is 6.42. The van der Waals surface area contributed by atoms with Gasteiger partial charge in [0.05, 0.1) is 33.3 Å². The van der Waals surface area contributed by atoms with Gasteiger partial charge >= 0.3 is 5.69 Å². The van der Waals surface area contributed by atoms with E-state index in [0.717, 1.165) is 0 Å². The highest BCUT2D eigenvalue weighted by atomic mass is 35.5. The monoisotopic (exact) mass is 518 g/mol. The Balaban J connectivity index is 1.31. The van der Waals surface area contributed by atoms with E-state index in [2.05, 4.69) is 25.7 Å². The van der Waals surface area contributed by atoms with Crippen LogP contribution in [0.5, 0.6) is 0 Å². The molecule has 1 fully saturated rings. The number of hydrogen-bond acceptors (Lipinski definition) is 9. The summed E-state index contributed by atoms with van der Waals surface area (Å²) in [4.78, 5) is 31.4.